The molecule has 0 heterocycles. The molecule has 3 nitrogen and oxygen atoms in total. The molecule has 0 unspecified atom stereocenters. The van der Waals surface area contributed by atoms with Gasteiger partial charge in [0.15, 0.2) is 6.29 Å². The fourth-order valence-corrected chi connectivity index (χ4v) is 1.03. The molecule has 0 N–H and O–H groups in total. The minimum Gasteiger partial charge on any atom is -0.353 e. The van der Waals surface area contributed by atoms with E-state index in [-0.39, 0.29) is 6.29 Å². The summed E-state index contributed by atoms with van der Waals surface area (Å²) < 4.78 is 10.1. The SMILES string of the molecule is C=C.CCOC(C)OCC.O=CCCCCCl. The lowest BCUT2D eigenvalue weighted by molar-refractivity contribution is -0.123. The van der Waals surface area contributed by atoms with E-state index in [1.165, 1.54) is 0 Å². The predicted molar refractivity (Wildman–Crippen MR) is 74.6 cm³/mol. The second-order valence-electron chi connectivity index (χ2n) is 2.83. The van der Waals surface area contributed by atoms with E-state index < -0.39 is 0 Å². The van der Waals surface area contributed by atoms with E-state index in [1.54, 1.807) is 0 Å². The van der Waals surface area contributed by atoms with Gasteiger partial charge in [-0.1, -0.05) is 0 Å². The van der Waals surface area contributed by atoms with E-state index in [9.17, 15) is 4.79 Å². The molecule has 0 atom stereocenters. The Morgan fingerprint density at radius 3 is 1.94 bits per heavy atom. The number of carbonyl (C=O) groups is 1. The van der Waals surface area contributed by atoms with Crippen molar-refractivity contribution in [2.75, 3.05) is 19.1 Å². The van der Waals surface area contributed by atoms with Crippen molar-refractivity contribution in [1.82, 2.24) is 0 Å². The molecule has 0 amide bonds. The fraction of sp³-hybridized carbons (Fsp3) is 0.769. The van der Waals surface area contributed by atoms with E-state index in [1.807, 2.05) is 20.8 Å². The third kappa shape index (κ3) is 31.3. The first kappa shape index (κ1) is 21.9. The highest BCUT2D eigenvalue weighted by Crippen LogP contribution is 1.93. The Hall–Kier alpha value is -0.380. The van der Waals surface area contributed by atoms with Crippen molar-refractivity contribution in [3.63, 3.8) is 0 Å². The number of hydrogen-bond acceptors (Lipinski definition) is 3. The molecule has 0 aliphatic heterocycles. The van der Waals surface area contributed by atoms with Crippen LogP contribution in [0, 0.1) is 0 Å². The minimum atomic E-state index is -0.0370. The molecular formula is C13H27ClO3. The summed E-state index contributed by atoms with van der Waals surface area (Å²) in [6.07, 6.45) is 3.44. The van der Waals surface area contributed by atoms with Gasteiger partial charge in [-0.15, -0.1) is 24.8 Å². The average Bonchev–Trinajstić information content (AvgIpc) is 2.34. The lowest BCUT2D eigenvalue weighted by Crippen LogP contribution is -2.11. The fourth-order valence-electron chi connectivity index (χ4n) is 0.840. The van der Waals surface area contributed by atoms with Crippen molar-refractivity contribution >= 4 is 17.9 Å². The zero-order valence-corrected chi connectivity index (χ0v) is 12.2. The van der Waals surface area contributed by atoms with E-state index in [4.69, 9.17) is 21.1 Å². The third-order valence-electron chi connectivity index (χ3n) is 1.51. The largest absolute Gasteiger partial charge is 0.353 e. The molecule has 4 heteroatoms. The normalized spacial score (nSPS) is 8.76. The maximum absolute atomic E-state index is 9.64. The lowest BCUT2D eigenvalue weighted by atomic mass is 10.3. The second kappa shape index (κ2) is 24.7. The molecule has 0 spiro atoms. The lowest BCUT2D eigenvalue weighted by Gasteiger charge is -2.09. The molecule has 0 aromatic rings. The molecule has 0 bridgehead atoms. The second-order valence-corrected chi connectivity index (χ2v) is 3.21. The highest BCUT2D eigenvalue weighted by atomic mass is 35.5. The van der Waals surface area contributed by atoms with Crippen LogP contribution < -0.4 is 0 Å². The summed E-state index contributed by atoms with van der Waals surface area (Å²) in [6, 6.07) is 0. The van der Waals surface area contributed by atoms with Crippen molar-refractivity contribution in [1.29, 1.82) is 0 Å². The van der Waals surface area contributed by atoms with E-state index in [0.717, 1.165) is 32.3 Å². The van der Waals surface area contributed by atoms with Gasteiger partial charge < -0.3 is 14.3 Å². The molecule has 0 aromatic heterocycles. The number of aldehydes is 1. The molecule has 0 saturated heterocycles. The molecule has 17 heavy (non-hydrogen) atoms. The first-order chi connectivity index (χ1) is 8.22. The van der Waals surface area contributed by atoms with Crippen LogP contribution in [0.2, 0.25) is 0 Å². The standard InChI is InChI=1S/C6H14O2.C5H9ClO.C2H4/c1-4-7-6(3)8-5-2;6-4-2-1-3-5-7;1-2/h6H,4-5H2,1-3H3;5H,1-4H2;1-2H2. The number of halogens is 1. The zero-order chi connectivity index (χ0) is 13.9. The molecule has 0 aliphatic carbocycles. The van der Waals surface area contributed by atoms with Crippen molar-refractivity contribution in [2.45, 2.75) is 46.3 Å². The molecule has 0 saturated carbocycles. The Labute approximate surface area is 111 Å². The third-order valence-corrected chi connectivity index (χ3v) is 1.78. The van der Waals surface area contributed by atoms with Gasteiger partial charge in [-0.3, -0.25) is 0 Å². The molecule has 0 rings (SSSR count). The van der Waals surface area contributed by atoms with Crippen LogP contribution in [0.5, 0.6) is 0 Å². The van der Waals surface area contributed by atoms with Crippen molar-refractivity contribution in [3.05, 3.63) is 13.2 Å². The summed E-state index contributed by atoms with van der Waals surface area (Å²) >= 11 is 5.32. The summed E-state index contributed by atoms with van der Waals surface area (Å²) in [7, 11) is 0. The molecule has 0 aromatic carbocycles. The van der Waals surface area contributed by atoms with Crippen molar-refractivity contribution < 1.29 is 14.3 Å². The number of hydrogen-bond donors (Lipinski definition) is 0. The smallest absolute Gasteiger partial charge is 0.154 e. The van der Waals surface area contributed by atoms with Gasteiger partial charge in [-0.2, -0.15) is 0 Å². The van der Waals surface area contributed by atoms with Gasteiger partial charge in [0.1, 0.15) is 6.29 Å². The Bertz CT molecular complexity index is 126. The molecule has 0 fully saturated rings. The first-order valence-electron chi connectivity index (χ1n) is 5.95. The van der Waals surface area contributed by atoms with E-state index in [2.05, 4.69) is 13.2 Å². The summed E-state index contributed by atoms with van der Waals surface area (Å²) in [5.41, 5.74) is 0. The van der Waals surface area contributed by atoms with Gasteiger partial charge in [0.2, 0.25) is 0 Å². The maximum atomic E-state index is 9.64. The van der Waals surface area contributed by atoms with E-state index in [0.29, 0.717) is 12.3 Å². The van der Waals surface area contributed by atoms with E-state index >= 15 is 0 Å². The minimum absolute atomic E-state index is 0.0370. The molecular weight excluding hydrogens is 240 g/mol. The van der Waals surface area contributed by atoms with Crippen LogP contribution in [0.4, 0.5) is 0 Å². The first-order valence-corrected chi connectivity index (χ1v) is 6.49. The monoisotopic (exact) mass is 266 g/mol. The number of rotatable bonds is 8. The van der Waals surface area contributed by atoms with Crippen LogP contribution in [0.1, 0.15) is 40.0 Å². The maximum Gasteiger partial charge on any atom is 0.154 e. The molecule has 0 radical (unpaired) electrons. The van der Waals surface area contributed by atoms with Crippen LogP contribution in [0.15, 0.2) is 13.2 Å². The van der Waals surface area contributed by atoms with Crippen molar-refractivity contribution in [3.8, 4) is 0 Å². The van der Waals surface area contributed by atoms with Gasteiger partial charge in [-0.25, -0.2) is 0 Å². The summed E-state index contributed by atoms with van der Waals surface area (Å²) in [4.78, 5) is 9.64. The van der Waals surface area contributed by atoms with Crippen LogP contribution in [0.3, 0.4) is 0 Å². The number of unbranched alkanes of at least 4 members (excludes halogenated alkanes) is 2. The van der Waals surface area contributed by atoms with Gasteiger partial charge in [-0.05, 0) is 33.6 Å². The van der Waals surface area contributed by atoms with Crippen molar-refractivity contribution in [2.24, 2.45) is 0 Å². The quantitative estimate of drug-likeness (QED) is 0.220. The van der Waals surface area contributed by atoms with Gasteiger partial charge in [0.05, 0.1) is 0 Å². The Morgan fingerprint density at radius 1 is 1.18 bits per heavy atom. The van der Waals surface area contributed by atoms with Gasteiger partial charge in [0, 0.05) is 25.5 Å². The number of alkyl halides is 1. The van der Waals surface area contributed by atoms with Crippen LogP contribution in [-0.2, 0) is 14.3 Å². The van der Waals surface area contributed by atoms with Gasteiger partial charge >= 0.3 is 0 Å². The molecule has 0 aliphatic rings. The Kier molecular flexibility index (Phi) is 31.8. The Balaban J connectivity index is -0.000000202. The average molecular weight is 267 g/mol. The number of carbonyl (C=O) groups excluding carboxylic acids is 1. The topological polar surface area (TPSA) is 35.5 Å². The summed E-state index contributed by atoms with van der Waals surface area (Å²) in [5, 5.41) is 0. The van der Waals surface area contributed by atoms with Gasteiger partial charge in [0.25, 0.3) is 0 Å². The van der Waals surface area contributed by atoms with Crippen LogP contribution >= 0.6 is 11.6 Å². The number of ether oxygens (including phenoxy) is 2. The van der Waals surface area contributed by atoms with Crippen LogP contribution in [0.25, 0.3) is 0 Å². The highest BCUT2D eigenvalue weighted by molar-refractivity contribution is 6.17. The zero-order valence-electron chi connectivity index (χ0n) is 11.4. The highest BCUT2D eigenvalue weighted by Gasteiger charge is 1.94. The van der Waals surface area contributed by atoms with Crippen LogP contribution in [-0.4, -0.2) is 31.7 Å². The molecule has 104 valence electrons. The predicted octanol–water partition coefficient (Wildman–Crippen LogP) is 3.80. The Morgan fingerprint density at radius 2 is 1.65 bits per heavy atom. The summed E-state index contributed by atoms with van der Waals surface area (Å²) in [6.45, 7) is 13.3. The summed E-state index contributed by atoms with van der Waals surface area (Å²) in [5.74, 6) is 0.674.